The molecule has 0 atom stereocenters. The van der Waals surface area contributed by atoms with Gasteiger partial charge in [0.1, 0.15) is 5.75 Å². The summed E-state index contributed by atoms with van der Waals surface area (Å²) < 4.78 is 5.53. The van der Waals surface area contributed by atoms with Crippen LogP contribution >= 0.6 is 11.6 Å². The van der Waals surface area contributed by atoms with Gasteiger partial charge in [0.05, 0.1) is 28.2 Å². The van der Waals surface area contributed by atoms with Crippen molar-refractivity contribution < 1.29 is 9.53 Å². The van der Waals surface area contributed by atoms with Gasteiger partial charge in [0, 0.05) is 24.3 Å². The van der Waals surface area contributed by atoms with Crippen molar-refractivity contribution in [2.45, 2.75) is 32.7 Å². The van der Waals surface area contributed by atoms with Crippen LogP contribution in [0.4, 0.5) is 0 Å². The van der Waals surface area contributed by atoms with Crippen LogP contribution in [0.25, 0.3) is 10.9 Å². The molecule has 0 saturated heterocycles. The monoisotopic (exact) mass is 423 g/mol. The van der Waals surface area contributed by atoms with Crippen LogP contribution in [-0.4, -0.2) is 40.2 Å². The molecule has 0 bridgehead atoms. The Bertz CT molecular complexity index is 1150. The smallest absolute Gasteiger partial charge is 0.258 e. The largest absolute Gasteiger partial charge is 0.482 e. The van der Waals surface area contributed by atoms with Crippen molar-refractivity contribution >= 4 is 39.8 Å². The minimum absolute atomic E-state index is 0.0649. The zero-order chi connectivity index (χ0) is 21.1. The molecule has 2 aromatic carbocycles. The number of hydrogen-bond donors (Lipinski definition) is 2. The number of amides is 1. The number of nitrogens with one attached hydrogen (secondary N) is 2. The standard InChI is InChI=1S/C22H22ClN5O2/c1-13(2)25-22(29)12-30-21-6-4-15(9-18(21)23)20-10-17(26-28-20)8-14-3-5-19-16(7-14)11-24-27-19/h3-7,9,11,13H,8,10,12H2,1-2H3,(H,24,27)(H,25,29). The zero-order valence-corrected chi connectivity index (χ0v) is 17.5. The van der Waals surface area contributed by atoms with Gasteiger partial charge < -0.3 is 10.1 Å². The second-order valence-electron chi connectivity index (χ2n) is 7.51. The number of hydrogen-bond acceptors (Lipinski definition) is 5. The third-order valence-electron chi connectivity index (χ3n) is 4.67. The molecular weight excluding hydrogens is 402 g/mol. The van der Waals surface area contributed by atoms with E-state index in [0.717, 1.165) is 34.3 Å². The normalized spacial score (nSPS) is 13.5. The molecule has 3 aromatic rings. The van der Waals surface area contributed by atoms with Crippen molar-refractivity contribution in [3.63, 3.8) is 0 Å². The van der Waals surface area contributed by atoms with Crippen LogP contribution < -0.4 is 10.1 Å². The van der Waals surface area contributed by atoms with Gasteiger partial charge in [-0.1, -0.05) is 17.7 Å². The van der Waals surface area contributed by atoms with Gasteiger partial charge in [-0.2, -0.15) is 15.3 Å². The molecule has 0 unspecified atom stereocenters. The summed E-state index contributed by atoms with van der Waals surface area (Å²) in [6, 6.07) is 11.7. The predicted octanol–water partition coefficient (Wildman–Crippen LogP) is 3.91. The maximum atomic E-state index is 11.7. The molecule has 30 heavy (non-hydrogen) atoms. The van der Waals surface area contributed by atoms with Crippen molar-refractivity contribution in [1.29, 1.82) is 0 Å². The molecule has 0 aliphatic carbocycles. The van der Waals surface area contributed by atoms with E-state index in [2.05, 4.69) is 37.8 Å². The van der Waals surface area contributed by atoms with E-state index in [0.29, 0.717) is 17.2 Å². The van der Waals surface area contributed by atoms with Gasteiger partial charge in [-0.3, -0.25) is 9.89 Å². The molecule has 2 heterocycles. The number of H-pyrrole nitrogens is 1. The summed E-state index contributed by atoms with van der Waals surface area (Å²) in [6.45, 7) is 3.72. The van der Waals surface area contributed by atoms with Crippen molar-refractivity contribution in [3.05, 3.63) is 58.7 Å². The first-order chi connectivity index (χ1) is 14.5. The van der Waals surface area contributed by atoms with Crippen LogP contribution in [0.15, 0.2) is 52.8 Å². The maximum absolute atomic E-state index is 11.7. The van der Waals surface area contributed by atoms with Gasteiger partial charge >= 0.3 is 0 Å². The van der Waals surface area contributed by atoms with Gasteiger partial charge in [0.15, 0.2) is 6.61 Å². The Kier molecular flexibility index (Phi) is 5.81. The summed E-state index contributed by atoms with van der Waals surface area (Å²) >= 11 is 6.35. The van der Waals surface area contributed by atoms with Crippen molar-refractivity contribution in [3.8, 4) is 5.75 Å². The van der Waals surface area contributed by atoms with E-state index >= 15 is 0 Å². The molecule has 0 radical (unpaired) electrons. The van der Waals surface area contributed by atoms with Crippen molar-refractivity contribution in [2.75, 3.05) is 6.61 Å². The van der Waals surface area contributed by atoms with Crippen LogP contribution in [0.1, 0.15) is 31.4 Å². The van der Waals surface area contributed by atoms with E-state index < -0.39 is 0 Å². The topological polar surface area (TPSA) is 91.7 Å². The summed E-state index contributed by atoms with van der Waals surface area (Å²) in [4.78, 5) is 11.7. The lowest BCUT2D eigenvalue weighted by Gasteiger charge is -2.11. The minimum Gasteiger partial charge on any atom is -0.482 e. The molecule has 2 N–H and O–H groups in total. The number of carbonyl (C=O) groups excluding carboxylic acids is 1. The first-order valence-electron chi connectivity index (χ1n) is 9.74. The second kappa shape index (κ2) is 8.67. The zero-order valence-electron chi connectivity index (χ0n) is 16.8. The summed E-state index contributed by atoms with van der Waals surface area (Å²) in [6.07, 6.45) is 3.21. The summed E-state index contributed by atoms with van der Waals surface area (Å²) in [5.74, 6) is 0.282. The number of rotatable bonds is 7. The number of carbonyl (C=O) groups is 1. The summed E-state index contributed by atoms with van der Waals surface area (Å²) in [5.41, 5.74) is 4.93. The molecule has 0 fully saturated rings. The molecule has 8 heteroatoms. The number of aromatic amines is 1. The van der Waals surface area contributed by atoms with Crippen LogP contribution in [0.2, 0.25) is 5.02 Å². The van der Waals surface area contributed by atoms with E-state index in [1.54, 1.807) is 12.1 Å². The predicted molar refractivity (Wildman–Crippen MR) is 119 cm³/mol. The number of ether oxygens (including phenoxy) is 1. The lowest BCUT2D eigenvalue weighted by atomic mass is 10.0. The average Bonchev–Trinajstić information content (AvgIpc) is 3.35. The Labute approximate surface area is 179 Å². The highest BCUT2D eigenvalue weighted by atomic mass is 35.5. The molecule has 1 aromatic heterocycles. The van der Waals surface area contributed by atoms with Crippen LogP contribution in [0.5, 0.6) is 5.75 Å². The SMILES string of the molecule is CC(C)NC(=O)COc1ccc(C2=NN=C(Cc3ccc4[nH]ncc4c3)C2)cc1Cl. The van der Waals surface area contributed by atoms with E-state index in [1.165, 1.54) is 5.56 Å². The molecule has 1 aliphatic rings. The van der Waals surface area contributed by atoms with E-state index in [-0.39, 0.29) is 18.6 Å². The number of nitrogens with zero attached hydrogens (tertiary/aromatic N) is 3. The minimum atomic E-state index is -0.183. The Morgan fingerprint density at radius 1 is 1.23 bits per heavy atom. The lowest BCUT2D eigenvalue weighted by Crippen LogP contribution is -2.34. The van der Waals surface area contributed by atoms with Crippen molar-refractivity contribution in [1.82, 2.24) is 15.5 Å². The Morgan fingerprint density at radius 3 is 2.90 bits per heavy atom. The van der Waals surface area contributed by atoms with E-state index in [9.17, 15) is 4.79 Å². The van der Waals surface area contributed by atoms with Gasteiger partial charge in [0.2, 0.25) is 0 Å². The first-order valence-corrected chi connectivity index (χ1v) is 10.1. The number of aromatic nitrogens is 2. The third-order valence-corrected chi connectivity index (χ3v) is 4.97. The third kappa shape index (κ3) is 4.68. The number of fused-ring (bicyclic) bond motifs is 1. The fraction of sp³-hybridized carbons (Fsp3) is 0.273. The van der Waals surface area contributed by atoms with E-state index in [1.807, 2.05) is 32.2 Å². The quantitative estimate of drug-likeness (QED) is 0.603. The fourth-order valence-electron chi connectivity index (χ4n) is 3.29. The molecule has 1 aliphatic heterocycles. The number of halogens is 1. The van der Waals surface area contributed by atoms with Gasteiger partial charge in [-0.25, -0.2) is 0 Å². The lowest BCUT2D eigenvalue weighted by molar-refractivity contribution is -0.123. The van der Waals surface area contributed by atoms with Crippen LogP contribution in [0, 0.1) is 0 Å². The first kappa shape index (κ1) is 20.1. The maximum Gasteiger partial charge on any atom is 0.258 e. The Hall–Kier alpha value is -3.19. The van der Waals surface area contributed by atoms with Crippen LogP contribution in [0.3, 0.4) is 0 Å². The Balaban J connectivity index is 1.36. The molecule has 154 valence electrons. The summed E-state index contributed by atoms with van der Waals surface area (Å²) in [5, 5.41) is 20.0. The highest BCUT2D eigenvalue weighted by molar-refractivity contribution is 6.32. The summed E-state index contributed by atoms with van der Waals surface area (Å²) in [7, 11) is 0. The second-order valence-corrected chi connectivity index (χ2v) is 7.92. The Morgan fingerprint density at radius 2 is 2.10 bits per heavy atom. The highest BCUT2D eigenvalue weighted by Gasteiger charge is 2.17. The van der Waals surface area contributed by atoms with Gasteiger partial charge in [-0.15, -0.1) is 0 Å². The van der Waals surface area contributed by atoms with Gasteiger partial charge in [-0.05, 0) is 55.3 Å². The fourth-order valence-corrected chi connectivity index (χ4v) is 3.53. The van der Waals surface area contributed by atoms with Crippen molar-refractivity contribution in [2.24, 2.45) is 10.2 Å². The molecule has 1 amide bonds. The average molecular weight is 424 g/mol. The molecule has 0 spiro atoms. The highest BCUT2D eigenvalue weighted by Crippen LogP contribution is 2.27. The molecule has 4 rings (SSSR count). The molecule has 7 nitrogen and oxygen atoms in total. The van der Waals surface area contributed by atoms with Crippen LogP contribution in [-0.2, 0) is 11.2 Å². The van der Waals surface area contributed by atoms with Gasteiger partial charge in [0.25, 0.3) is 5.91 Å². The molecule has 0 saturated carbocycles. The molecular formula is C22H22ClN5O2. The number of benzene rings is 2. The van der Waals surface area contributed by atoms with E-state index in [4.69, 9.17) is 16.3 Å².